The van der Waals surface area contributed by atoms with Crippen molar-refractivity contribution in [2.75, 3.05) is 14.2 Å². The lowest BCUT2D eigenvalue weighted by molar-refractivity contribution is -0.140. The van der Waals surface area contributed by atoms with Gasteiger partial charge in [0.15, 0.2) is 0 Å². The highest BCUT2D eigenvalue weighted by molar-refractivity contribution is 5.95. The van der Waals surface area contributed by atoms with Crippen molar-refractivity contribution in [3.8, 4) is 5.75 Å². The summed E-state index contributed by atoms with van der Waals surface area (Å²) in [5, 5.41) is 0. The number of benzene rings is 1. The Labute approximate surface area is 109 Å². The third kappa shape index (κ3) is 3.80. The van der Waals surface area contributed by atoms with Crippen molar-refractivity contribution in [3.05, 3.63) is 41.4 Å². The molecule has 0 saturated heterocycles. The molecule has 0 aliphatic heterocycles. The summed E-state index contributed by atoms with van der Waals surface area (Å²) in [5.41, 5.74) is 0.210. The Morgan fingerprint density at radius 1 is 1.21 bits per heavy atom. The van der Waals surface area contributed by atoms with Crippen LogP contribution in [-0.4, -0.2) is 26.2 Å². The molecular weight excluding hydrogens is 255 g/mol. The number of esters is 2. The van der Waals surface area contributed by atoms with E-state index in [4.69, 9.17) is 4.74 Å². The summed E-state index contributed by atoms with van der Waals surface area (Å²) in [6.45, 7) is 1.48. The molecule has 0 spiro atoms. The van der Waals surface area contributed by atoms with Crippen LogP contribution < -0.4 is 4.74 Å². The lowest BCUT2D eigenvalue weighted by Crippen LogP contribution is -2.14. The average Bonchev–Trinajstić information content (AvgIpc) is 2.41. The largest absolute Gasteiger partial charge is 0.466 e. The van der Waals surface area contributed by atoms with Crippen LogP contribution in [0.15, 0.2) is 30.0 Å². The van der Waals surface area contributed by atoms with Crippen LogP contribution in [0.1, 0.15) is 5.56 Å². The summed E-state index contributed by atoms with van der Waals surface area (Å²) in [4.78, 5) is 22.6. The van der Waals surface area contributed by atoms with Gasteiger partial charge in [-0.3, -0.25) is 0 Å². The maximum Gasteiger partial charge on any atom is 0.374 e. The van der Waals surface area contributed by atoms with Gasteiger partial charge in [0, 0.05) is 5.56 Å². The molecule has 6 heteroatoms. The highest BCUT2D eigenvalue weighted by Crippen LogP contribution is 2.22. The molecule has 0 fully saturated rings. The molecule has 0 amide bonds. The Morgan fingerprint density at radius 3 is 2.47 bits per heavy atom. The smallest absolute Gasteiger partial charge is 0.374 e. The molecule has 1 aromatic rings. The van der Waals surface area contributed by atoms with Crippen LogP contribution in [0, 0.1) is 12.7 Å². The van der Waals surface area contributed by atoms with Gasteiger partial charge in [-0.15, -0.1) is 0 Å². The van der Waals surface area contributed by atoms with Crippen molar-refractivity contribution < 1.29 is 28.2 Å². The predicted molar refractivity (Wildman–Crippen MR) is 63.9 cm³/mol. The van der Waals surface area contributed by atoms with Gasteiger partial charge in [-0.1, -0.05) is 6.07 Å². The second-order valence-corrected chi connectivity index (χ2v) is 3.49. The number of rotatable bonds is 4. The maximum absolute atomic E-state index is 13.3. The fourth-order valence-electron chi connectivity index (χ4n) is 1.21. The Kier molecular flexibility index (Phi) is 5.05. The van der Waals surface area contributed by atoms with Crippen LogP contribution >= 0.6 is 0 Å². The average molecular weight is 268 g/mol. The molecule has 5 nitrogen and oxygen atoms in total. The number of carbonyl (C=O) groups excluding carboxylic acids is 2. The minimum Gasteiger partial charge on any atom is -0.466 e. The van der Waals surface area contributed by atoms with Crippen LogP contribution in [0.25, 0.3) is 0 Å². The monoisotopic (exact) mass is 268 g/mol. The summed E-state index contributed by atoms with van der Waals surface area (Å²) in [6, 6.07) is 4.14. The molecule has 0 aliphatic carbocycles. The van der Waals surface area contributed by atoms with E-state index in [2.05, 4.69) is 9.47 Å². The van der Waals surface area contributed by atoms with Crippen LogP contribution in [0.3, 0.4) is 0 Å². The van der Waals surface area contributed by atoms with Crippen LogP contribution in [0.5, 0.6) is 5.75 Å². The molecular formula is C13H13FO5. The van der Waals surface area contributed by atoms with Crippen molar-refractivity contribution in [1.29, 1.82) is 0 Å². The lowest BCUT2D eigenvalue weighted by atomic mass is 10.2. The van der Waals surface area contributed by atoms with Gasteiger partial charge in [0.1, 0.15) is 11.6 Å². The normalized spacial score (nSPS) is 10.8. The highest BCUT2D eigenvalue weighted by Gasteiger charge is 2.17. The molecule has 0 heterocycles. The molecule has 0 unspecified atom stereocenters. The summed E-state index contributed by atoms with van der Waals surface area (Å²) >= 11 is 0. The summed E-state index contributed by atoms with van der Waals surface area (Å²) < 4.78 is 27.4. The second-order valence-electron chi connectivity index (χ2n) is 3.49. The highest BCUT2D eigenvalue weighted by atomic mass is 19.1. The van der Waals surface area contributed by atoms with E-state index in [-0.39, 0.29) is 17.1 Å². The van der Waals surface area contributed by atoms with E-state index in [0.717, 1.165) is 20.3 Å². The van der Waals surface area contributed by atoms with E-state index in [1.165, 1.54) is 25.1 Å². The predicted octanol–water partition coefficient (Wildman–Crippen LogP) is 1.74. The Balaban J connectivity index is 3.08. The maximum atomic E-state index is 13.3. The van der Waals surface area contributed by atoms with Gasteiger partial charge in [-0.05, 0) is 19.1 Å². The Morgan fingerprint density at radius 2 is 1.89 bits per heavy atom. The zero-order chi connectivity index (χ0) is 14.4. The number of carbonyl (C=O) groups is 2. The summed E-state index contributed by atoms with van der Waals surface area (Å²) in [6.07, 6.45) is 0.830. The number of methoxy groups -OCH3 is 2. The van der Waals surface area contributed by atoms with Crippen molar-refractivity contribution in [2.24, 2.45) is 0 Å². The standard InChI is InChI=1S/C13H13FO5/c1-8-9(14)5-4-6-10(8)19-11(13(16)18-3)7-12(15)17-2/h4-7H,1-3H3/b11-7+. The van der Waals surface area contributed by atoms with E-state index in [9.17, 15) is 14.0 Å². The van der Waals surface area contributed by atoms with Crippen molar-refractivity contribution in [2.45, 2.75) is 6.92 Å². The molecule has 0 atom stereocenters. The van der Waals surface area contributed by atoms with E-state index in [1.54, 1.807) is 0 Å². The van der Waals surface area contributed by atoms with Gasteiger partial charge in [0.25, 0.3) is 0 Å². The Hall–Kier alpha value is -2.37. The second kappa shape index (κ2) is 6.53. The van der Waals surface area contributed by atoms with Gasteiger partial charge in [0.05, 0.1) is 20.3 Å². The lowest BCUT2D eigenvalue weighted by Gasteiger charge is -2.10. The zero-order valence-corrected chi connectivity index (χ0v) is 10.7. The van der Waals surface area contributed by atoms with E-state index < -0.39 is 17.8 Å². The van der Waals surface area contributed by atoms with Crippen molar-refractivity contribution in [3.63, 3.8) is 0 Å². The number of ether oxygens (including phenoxy) is 3. The first-order valence-electron chi connectivity index (χ1n) is 5.30. The van der Waals surface area contributed by atoms with Gasteiger partial charge in [-0.2, -0.15) is 0 Å². The molecule has 0 aromatic heterocycles. The molecule has 0 saturated carbocycles. The van der Waals surface area contributed by atoms with Crippen LogP contribution in [0.2, 0.25) is 0 Å². The molecule has 0 radical (unpaired) electrons. The molecule has 0 aliphatic rings. The molecule has 102 valence electrons. The first kappa shape index (κ1) is 14.7. The van der Waals surface area contributed by atoms with Crippen LogP contribution in [-0.2, 0) is 19.1 Å². The summed E-state index contributed by atoms with van der Waals surface area (Å²) in [7, 11) is 2.29. The topological polar surface area (TPSA) is 61.8 Å². The first-order valence-corrected chi connectivity index (χ1v) is 5.30. The van der Waals surface area contributed by atoms with E-state index in [0.29, 0.717) is 0 Å². The minimum absolute atomic E-state index is 0.112. The van der Waals surface area contributed by atoms with E-state index in [1.807, 2.05) is 0 Å². The molecule has 0 N–H and O–H groups in total. The van der Waals surface area contributed by atoms with Crippen LogP contribution in [0.4, 0.5) is 4.39 Å². The zero-order valence-electron chi connectivity index (χ0n) is 10.7. The third-order valence-corrected chi connectivity index (χ3v) is 2.27. The fourth-order valence-corrected chi connectivity index (χ4v) is 1.21. The SMILES string of the molecule is COC(=O)/C=C(/Oc1cccc(F)c1C)C(=O)OC. The number of hydrogen-bond donors (Lipinski definition) is 0. The van der Waals surface area contributed by atoms with Gasteiger partial charge < -0.3 is 14.2 Å². The van der Waals surface area contributed by atoms with Crippen molar-refractivity contribution >= 4 is 11.9 Å². The molecule has 1 aromatic carbocycles. The molecule has 19 heavy (non-hydrogen) atoms. The fraction of sp³-hybridized carbons (Fsp3) is 0.231. The molecule has 0 bridgehead atoms. The first-order chi connectivity index (χ1) is 8.99. The molecule has 1 rings (SSSR count). The minimum atomic E-state index is -0.867. The third-order valence-electron chi connectivity index (χ3n) is 2.27. The number of hydrogen-bond acceptors (Lipinski definition) is 5. The van der Waals surface area contributed by atoms with Crippen molar-refractivity contribution in [1.82, 2.24) is 0 Å². The van der Waals surface area contributed by atoms with Gasteiger partial charge in [-0.25, -0.2) is 14.0 Å². The summed E-state index contributed by atoms with van der Waals surface area (Å²) in [5.74, 6) is -2.41. The quantitative estimate of drug-likeness (QED) is 0.473. The Bertz CT molecular complexity index is 522. The van der Waals surface area contributed by atoms with Gasteiger partial charge in [0.2, 0.25) is 5.76 Å². The number of halogens is 1. The van der Waals surface area contributed by atoms with Gasteiger partial charge >= 0.3 is 11.9 Å². The van der Waals surface area contributed by atoms with E-state index >= 15 is 0 Å².